The summed E-state index contributed by atoms with van der Waals surface area (Å²) >= 11 is 0. The van der Waals surface area contributed by atoms with Crippen molar-refractivity contribution in [1.29, 1.82) is 0 Å². The van der Waals surface area contributed by atoms with Crippen molar-refractivity contribution in [3.05, 3.63) is 23.8 Å². The normalized spacial score (nSPS) is 17.3. The Morgan fingerprint density at radius 3 is 2.35 bits per heavy atom. The molecule has 0 unspecified atom stereocenters. The van der Waals surface area contributed by atoms with Gasteiger partial charge in [0.25, 0.3) is 0 Å². The lowest BCUT2D eigenvalue weighted by Crippen LogP contribution is -2.56. The Labute approximate surface area is 127 Å². The molecule has 10 heteroatoms. The Bertz CT molecular complexity index is 624. The first-order valence-electron chi connectivity index (χ1n) is 6.35. The zero-order valence-electron chi connectivity index (χ0n) is 12.0. The van der Waals surface area contributed by atoms with Crippen LogP contribution in [0.1, 0.15) is 19.4 Å². The van der Waals surface area contributed by atoms with Crippen LogP contribution in [0.15, 0.2) is 18.2 Å². The van der Waals surface area contributed by atoms with E-state index in [1.807, 2.05) is 0 Å². The highest BCUT2D eigenvalue weighted by Gasteiger charge is 2.42. The molecule has 1 aliphatic rings. The van der Waals surface area contributed by atoms with Gasteiger partial charge in [-0.15, -0.1) is 0 Å². The zero-order valence-corrected chi connectivity index (χ0v) is 12.0. The van der Waals surface area contributed by atoms with Gasteiger partial charge in [-0.25, -0.2) is 0 Å². The Morgan fingerprint density at radius 2 is 1.83 bits per heavy atom. The maximum Gasteiger partial charge on any atom is 0.472 e. The van der Waals surface area contributed by atoms with E-state index in [9.17, 15) is 31.1 Å². The van der Waals surface area contributed by atoms with Crippen molar-refractivity contribution in [2.24, 2.45) is 0 Å². The summed E-state index contributed by atoms with van der Waals surface area (Å²) in [6.45, 7) is 2.80. The number of nitrogens with one attached hydrogen (secondary N) is 1. The van der Waals surface area contributed by atoms with Crippen molar-refractivity contribution in [3.8, 4) is 5.75 Å². The van der Waals surface area contributed by atoms with Crippen LogP contribution < -0.4 is 15.2 Å². The minimum absolute atomic E-state index is 0.0586. The summed E-state index contributed by atoms with van der Waals surface area (Å²) in [7, 11) is 0. The van der Waals surface area contributed by atoms with Crippen LogP contribution in [0.5, 0.6) is 5.75 Å². The Hall–Kier alpha value is -2.13. The molecule has 0 radical (unpaired) electrons. The van der Waals surface area contributed by atoms with Crippen molar-refractivity contribution in [2.75, 3.05) is 11.6 Å². The number of benzene rings is 1. The Balaban J connectivity index is 2.42. The van der Waals surface area contributed by atoms with E-state index in [1.54, 1.807) is 5.43 Å². The monoisotopic (exact) mass is 342 g/mol. The number of nitrogens with zero attached hydrogens (tertiary/aromatic N) is 1. The summed E-state index contributed by atoms with van der Waals surface area (Å²) in [5, 5.41) is 0.712. The van der Waals surface area contributed by atoms with E-state index in [0.717, 1.165) is 12.1 Å². The highest BCUT2D eigenvalue weighted by atomic mass is 19.4. The predicted molar refractivity (Wildman–Crippen MR) is 67.7 cm³/mol. The topological polar surface area (TPSA) is 41.6 Å². The number of carbonyl (C=O) groups excluding carboxylic acids is 1. The van der Waals surface area contributed by atoms with Crippen LogP contribution >= 0.6 is 0 Å². The molecule has 2 rings (SSSR count). The van der Waals surface area contributed by atoms with Crippen LogP contribution in [0.3, 0.4) is 0 Å². The van der Waals surface area contributed by atoms with Crippen LogP contribution in [0.2, 0.25) is 0 Å². The van der Waals surface area contributed by atoms with E-state index < -0.39 is 29.4 Å². The molecule has 1 heterocycles. The molecule has 0 aromatic heterocycles. The number of halogens is 6. The predicted octanol–water partition coefficient (Wildman–Crippen LogP) is 3.28. The van der Waals surface area contributed by atoms with Gasteiger partial charge in [0.1, 0.15) is 17.0 Å². The molecular formula is C13H12F6N2O2. The number of hydrazine groups is 1. The highest BCUT2D eigenvalue weighted by molar-refractivity contribution is 5.84. The summed E-state index contributed by atoms with van der Waals surface area (Å²) < 4.78 is 80.9. The molecule has 0 spiro atoms. The van der Waals surface area contributed by atoms with Gasteiger partial charge in [0.15, 0.2) is 0 Å². The molecule has 1 amide bonds. The molecule has 23 heavy (non-hydrogen) atoms. The molecule has 4 nitrogen and oxygen atoms in total. The van der Waals surface area contributed by atoms with Gasteiger partial charge < -0.3 is 4.74 Å². The van der Waals surface area contributed by atoms with E-state index >= 15 is 0 Å². The minimum Gasteiger partial charge on any atom is -0.484 e. The summed E-state index contributed by atoms with van der Waals surface area (Å²) in [6.07, 6.45) is -9.84. The minimum atomic E-state index is -5.16. The molecule has 0 atom stereocenters. The van der Waals surface area contributed by atoms with Crippen LogP contribution in [0.4, 0.5) is 32.0 Å². The molecular weight excluding hydrogens is 330 g/mol. The SMILES string of the molecule is CC1(C)CN(NC(=O)C(F)(F)F)c2cc(C(F)(F)F)ccc2O1. The molecule has 1 aromatic carbocycles. The summed E-state index contributed by atoms with van der Waals surface area (Å²) in [5.41, 5.74) is -0.796. The lowest BCUT2D eigenvalue weighted by Gasteiger charge is -2.40. The average Bonchev–Trinajstić information content (AvgIpc) is 2.34. The van der Waals surface area contributed by atoms with E-state index in [4.69, 9.17) is 4.74 Å². The quantitative estimate of drug-likeness (QED) is 0.797. The van der Waals surface area contributed by atoms with Gasteiger partial charge in [0.05, 0.1) is 12.1 Å². The van der Waals surface area contributed by atoms with Gasteiger partial charge in [-0.1, -0.05) is 0 Å². The number of fused-ring (bicyclic) bond motifs is 1. The Kier molecular flexibility index (Phi) is 3.90. The highest BCUT2D eigenvalue weighted by Crippen LogP contribution is 2.40. The third kappa shape index (κ3) is 3.80. The number of anilines is 1. The number of ether oxygens (including phenoxy) is 1. The van der Waals surface area contributed by atoms with Crippen LogP contribution in [-0.2, 0) is 11.0 Å². The van der Waals surface area contributed by atoms with E-state index in [0.29, 0.717) is 11.1 Å². The smallest absolute Gasteiger partial charge is 0.472 e. The van der Waals surface area contributed by atoms with E-state index in [2.05, 4.69) is 0 Å². The van der Waals surface area contributed by atoms with Gasteiger partial charge >= 0.3 is 18.3 Å². The molecule has 0 fully saturated rings. The Morgan fingerprint density at radius 1 is 1.22 bits per heavy atom. The number of hydrogen-bond acceptors (Lipinski definition) is 3. The van der Waals surface area contributed by atoms with Crippen molar-refractivity contribution in [2.45, 2.75) is 31.8 Å². The van der Waals surface area contributed by atoms with Crippen molar-refractivity contribution >= 4 is 11.6 Å². The molecule has 0 bridgehead atoms. The molecule has 0 aliphatic carbocycles. The van der Waals surface area contributed by atoms with E-state index in [-0.39, 0.29) is 18.0 Å². The first kappa shape index (κ1) is 17.2. The fourth-order valence-electron chi connectivity index (χ4n) is 2.07. The lowest BCUT2D eigenvalue weighted by molar-refractivity contribution is -0.174. The van der Waals surface area contributed by atoms with Gasteiger partial charge in [-0.2, -0.15) is 26.3 Å². The second-order valence-corrected chi connectivity index (χ2v) is 5.57. The standard InChI is InChI=1S/C13H12F6N2O2/c1-11(2)6-21(20-10(22)13(17,18)19)8-5-7(12(14,15)16)3-4-9(8)23-11/h3-5H,6H2,1-2H3,(H,20,22). The number of amides is 1. The maximum absolute atomic E-state index is 12.8. The number of hydrogen-bond donors (Lipinski definition) is 1. The summed E-state index contributed by atoms with van der Waals surface area (Å²) in [5.74, 6) is -2.34. The molecule has 128 valence electrons. The number of carbonyl (C=O) groups is 1. The third-order valence-electron chi connectivity index (χ3n) is 3.00. The van der Waals surface area contributed by atoms with Crippen molar-refractivity contribution < 1.29 is 35.9 Å². The summed E-state index contributed by atoms with van der Waals surface area (Å²) in [4.78, 5) is 11.1. The maximum atomic E-state index is 12.8. The molecule has 1 N–H and O–H groups in total. The second kappa shape index (κ2) is 5.20. The molecule has 0 saturated carbocycles. The fourth-order valence-corrected chi connectivity index (χ4v) is 2.07. The van der Waals surface area contributed by atoms with Crippen LogP contribution in [-0.4, -0.2) is 24.2 Å². The van der Waals surface area contributed by atoms with E-state index in [1.165, 1.54) is 13.8 Å². The number of rotatable bonds is 1. The van der Waals surface area contributed by atoms with Gasteiger partial charge in [-0.3, -0.25) is 15.2 Å². The summed E-state index contributed by atoms with van der Waals surface area (Å²) in [6, 6.07) is 2.39. The third-order valence-corrected chi connectivity index (χ3v) is 3.00. The largest absolute Gasteiger partial charge is 0.484 e. The molecule has 0 saturated heterocycles. The average molecular weight is 342 g/mol. The fraction of sp³-hybridized carbons (Fsp3) is 0.462. The number of alkyl halides is 6. The second-order valence-electron chi connectivity index (χ2n) is 5.57. The van der Waals surface area contributed by atoms with Gasteiger partial charge in [-0.05, 0) is 32.0 Å². The zero-order chi connectivity index (χ0) is 17.6. The van der Waals surface area contributed by atoms with Gasteiger partial charge in [0, 0.05) is 0 Å². The van der Waals surface area contributed by atoms with Crippen LogP contribution in [0, 0.1) is 0 Å². The first-order chi connectivity index (χ1) is 10.3. The lowest BCUT2D eigenvalue weighted by atomic mass is 10.1. The van der Waals surface area contributed by atoms with Gasteiger partial charge in [0.2, 0.25) is 0 Å². The first-order valence-corrected chi connectivity index (χ1v) is 6.35. The molecule has 1 aromatic rings. The van der Waals surface area contributed by atoms with Crippen molar-refractivity contribution in [1.82, 2.24) is 5.43 Å². The van der Waals surface area contributed by atoms with Crippen LogP contribution in [0.25, 0.3) is 0 Å². The van der Waals surface area contributed by atoms with Crippen molar-refractivity contribution in [3.63, 3.8) is 0 Å². The molecule has 1 aliphatic heterocycles.